The second-order valence-corrected chi connectivity index (χ2v) is 3.65. The van der Waals surface area contributed by atoms with E-state index in [4.69, 9.17) is 0 Å². The molecule has 0 saturated carbocycles. The van der Waals surface area contributed by atoms with E-state index in [-0.39, 0.29) is 6.67 Å². The number of nitrogens with one attached hydrogen (secondary N) is 1. The first-order valence-corrected chi connectivity index (χ1v) is 5.34. The Balaban J connectivity index is 2.46. The minimum Gasteiger partial charge on any atom is -0.317 e. The van der Waals surface area contributed by atoms with Crippen molar-refractivity contribution in [3.63, 3.8) is 0 Å². The Kier molecular flexibility index (Phi) is 5.06. The highest BCUT2D eigenvalue weighted by Gasteiger charge is 2.16. The molecule has 1 aliphatic heterocycles. The summed E-state index contributed by atoms with van der Waals surface area (Å²) in [5.41, 5.74) is 1.35. The molecule has 0 aromatic heterocycles. The molecule has 0 aliphatic carbocycles. The van der Waals surface area contributed by atoms with E-state index in [1.165, 1.54) is 18.4 Å². The summed E-state index contributed by atoms with van der Waals surface area (Å²) in [6, 6.07) is 0. The zero-order valence-electron chi connectivity index (χ0n) is 8.48. The fourth-order valence-corrected chi connectivity index (χ4v) is 2.04. The van der Waals surface area contributed by atoms with Crippen molar-refractivity contribution >= 4 is 0 Å². The van der Waals surface area contributed by atoms with Gasteiger partial charge in [0.25, 0.3) is 0 Å². The summed E-state index contributed by atoms with van der Waals surface area (Å²) in [7, 11) is 0. The van der Waals surface area contributed by atoms with Gasteiger partial charge >= 0.3 is 0 Å². The molecule has 0 aromatic rings. The molecule has 0 amide bonds. The van der Waals surface area contributed by atoms with Gasteiger partial charge in [0, 0.05) is 0 Å². The number of hydrogen-bond donors (Lipinski definition) is 1. The lowest BCUT2D eigenvalue weighted by Crippen LogP contribution is -2.28. The summed E-state index contributed by atoms with van der Waals surface area (Å²) in [6.07, 6.45) is 6.28. The maximum Gasteiger partial charge on any atom is 0.0931 e. The highest BCUT2D eigenvalue weighted by Crippen LogP contribution is 2.24. The predicted octanol–water partition coefficient (Wildman–Crippen LogP) is 2.68. The minimum atomic E-state index is -0.199. The molecule has 0 unspecified atom stereocenters. The van der Waals surface area contributed by atoms with E-state index in [1.807, 2.05) is 0 Å². The van der Waals surface area contributed by atoms with E-state index >= 15 is 0 Å². The summed E-state index contributed by atoms with van der Waals surface area (Å²) < 4.78 is 12.3. The molecule has 13 heavy (non-hydrogen) atoms. The van der Waals surface area contributed by atoms with Gasteiger partial charge in [-0.2, -0.15) is 0 Å². The molecule has 0 bridgehead atoms. The van der Waals surface area contributed by atoms with Gasteiger partial charge in [0.15, 0.2) is 0 Å². The summed E-state index contributed by atoms with van der Waals surface area (Å²) >= 11 is 0. The predicted molar refractivity (Wildman–Crippen MR) is 54.6 cm³/mol. The van der Waals surface area contributed by atoms with E-state index in [1.54, 1.807) is 0 Å². The van der Waals surface area contributed by atoms with Crippen molar-refractivity contribution in [2.24, 2.45) is 5.92 Å². The Labute approximate surface area is 80.4 Å². The van der Waals surface area contributed by atoms with E-state index < -0.39 is 0 Å². The van der Waals surface area contributed by atoms with Gasteiger partial charge in [-0.3, -0.25) is 4.39 Å². The van der Waals surface area contributed by atoms with Crippen LogP contribution in [-0.4, -0.2) is 19.8 Å². The largest absolute Gasteiger partial charge is 0.317 e. The highest BCUT2D eigenvalue weighted by molar-refractivity contribution is 5.07. The number of rotatable bonds is 4. The summed E-state index contributed by atoms with van der Waals surface area (Å²) in [6.45, 7) is 4.12. The van der Waals surface area contributed by atoms with Crippen molar-refractivity contribution in [2.45, 2.75) is 32.6 Å². The van der Waals surface area contributed by atoms with Crippen LogP contribution in [0.5, 0.6) is 0 Å². The first-order chi connectivity index (χ1) is 6.38. The molecule has 76 valence electrons. The van der Waals surface area contributed by atoms with E-state index in [2.05, 4.69) is 18.3 Å². The second kappa shape index (κ2) is 6.14. The monoisotopic (exact) mass is 185 g/mol. The number of allylic oxidation sites excluding steroid dienone is 2. The average molecular weight is 185 g/mol. The zero-order valence-corrected chi connectivity index (χ0v) is 8.48. The van der Waals surface area contributed by atoms with Crippen LogP contribution in [0.15, 0.2) is 11.6 Å². The minimum absolute atomic E-state index is 0.199. The van der Waals surface area contributed by atoms with Crippen molar-refractivity contribution in [3.8, 4) is 0 Å². The SMILES string of the molecule is CC/C=C(\CCF)C1CCNCC1. The standard InChI is InChI=1S/C11H20FN/c1-2-3-10(4-7-12)11-5-8-13-9-6-11/h3,11,13H,2,4-9H2,1H3/b10-3+. The second-order valence-electron chi connectivity index (χ2n) is 3.65. The lowest BCUT2D eigenvalue weighted by atomic mass is 9.88. The lowest BCUT2D eigenvalue weighted by molar-refractivity contribution is 0.394. The molecule has 1 fully saturated rings. The molecule has 1 saturated heterocycles. The summed E-state index contributed by atoms with van der Waals surface area (Å²) in [4.78, 5) is 0. The Morgan fingerprint density at radius 3 is 2.69 bits per heavy atom. The van der Waals surface area contributed by atoms with E-state index in [0.717, 1.165) is 19.5 Å². The van der Waals surface area contributed by atoms with Crippen LogP contribution in [-0.2, 0) is 0 Å². The molecule has 1 nitrogen and oxygen atoms in total. The zero-order chi connectivity index (χ0) is 9.52. The molecule has 1 N–H and O–H groups in total. The van der Waals surface area contributed by atoms with Crippen LogP contribution < -0.4 is 5.32 Å². The fraction of sp³-hybridized carbons (Fsp3) is 0.818. The Morgan fingerprint density at radius 1 is 1.46 bits per heavy atom. The van der Waals surface area contributed by atoms with Gasteiger partial charge in [-0.15, -0.1) is 0 Å². The molecule has 1 rings (SSSR count). The van der Waals surface area contributed by atoms with Crippen LogP contribution in [0.4, 0.5) is 4.39 Å². The van der Waals surface area contributed by atoms with Gasteiger partial charge in [0.2, 0.25) is 0 Å². The Morgan fingerprint density at radius 2 is 2.15 bits per heavy atom. The number of piperidine rings is 1. The van der Waals surface area contributed by atoms with Gasteiger partial charge in [-0.25, -0.2) is 0 Å². The van der Waals surface area contributed by atoms with Gasteiger partial charge in [-0.1, -0.05) is 18.6 Å². The van der Waals surface area contributed by atoms with Crippen molar-refractivity contribution in [1.29, 1.82) is 0 Å². The summed E-state index contributed by atoms with van der Waals surface area (Å²) in [5, 5.41) is 3.33. The third-order valence-corrected chi connectivity index (χ3v) is 2.71. The van der Waals surface area contributed by atoms with Crippen LogP contribution in [0.2, 0.25) is 0 Å². The third-order valence-electron chi connectivity index (χ3n) is 2.71. The quantitative estimate of drug-likeness (QED) is 0.664. The molecule has 2 heteroatoms. The van der Waals surface area contributed by atoms with Crippen LogP contribution in [0, 0.1) is 5.92 Å². The Bertz CT molecular complexity index is 159. The topological polar surface area (TPSA) is 12.0 Å². The van der Waals surface area contributed by atoms with Crippen LogP contribution in [0.1, 0.15) is 32.6 Å². The van der Waals surface area contributed by atoms with Crippen molar-refractivity contribution < 1.29 is 4.39 Å². The number of alkyl halides is 1. The van der Waals surface area contributed by atoms with Crippen molar-refractivity contribution in [1.82, 2.24) is 5.32 Å². The molecule has 0 aromatic carbocycles. The number of halogens is 1. The van der Waals surface area contributed by atoms with Crippen LogP contribution in [0.3, 0.4) is 0 Å². The van der Waals surface area contributed by atoms with Crippen molar-refractivity contribution in [3.05, 3.63) is 11.6 Å². The normalized spacial score (nSPS) is 20.6. The molecule has 0 spiro atoms. The smallest absolute Gasteiger partial charge is 0.0931 e. The summed E-state index contributed by atoms with van der Waals surface area (Å²) in [5.74, 6) is 0.650. The highest BCUT2D eigenvalue weighted by atomic mass is 19.1. The first-order valence-electron chi connectivity index (χ1n) is 5.34. The molecule has 1 aliphatic rings. The lowest BCUT2D eigenvalue weighted by Gasteiger charge is -2.25. The van der Waals surface area contributed by atoms with Gasteiger partial charge < -0.3 is 5.32 Å². The van der Waals surface area contributed by atoms with E-state index in [9.17, 15) is 4.39 Å². The van der Waals surface area contributed by atoms with Gasteiger partial charge in [0.05, 0.1) is 6.67 Å². The van der Waals surface area contributed by atoms with Gasteiger partial charge in [-0.05, 0) is 44.7 Å². The van der Waals surface area contributed by atoms with E-state index in [0.29, 0.717) is 12.3 Å². The molecular formula is C11H20FN. The molecule has 0 radical (unpaired) electrons. The maximum atomic E-state index is 12.3. The average Bonchev–Trinajstić information content (AvgIpc) is 2.19. The molecule has 1 heterocycles. The van der Waals surface area contributed by atoms with Crippen molar-refractivity contribution in [2.75, 3.05) is 19.8 Å². The number of hydrogen-bond acceptors (Lipinski definition) is 1. The molecular weight excluding hydrogens is 165 g/mol. The van der Waals surface area contributed by atoms with Crippen LogP contribution >= 0.6 is 0 Å². The third kappa shape index (κ3) is 3.47. The van der Waals surface area contributed by atoms with Crippen LogP contribution in [0.25, 0.3) is 0 Å². The fourth-order valence-electron chi connectivity index (χ4n) is 2.04. The Hall–Kier alpha value is -0.370. The maximum absolute atomic E-state index is 12.3. The molecule has 0 atom stereocenters. The van der Waals surface area contributed by atoms with Gasteiger partial charge in [0.1, 0.15) is 0 Å². The first kappa shape index (κ1) is 10.7.